The molecule has 117 heavy (non-hydrogen) atoms. The summed E-state index contributed by atoms with van der Waals surface area (Å²) in [5.41, 5.74) is 9.71. The van der Waals surface area contributed by atoms with Crippen molar-refractivity contribution < 1.29 is 81.2 Å². The highest BCUT2D eigenvalue weighted by Gasteiger charge is 2.81. The lowest BCUT2D eigenvalue weighted by molar-refractivity contribution is -0.247. The number of alkyl halides is 6. The molecule has 0 amide bonds. The van der Waals surface area contributed by atoms with E-state index in [1.54, 1.807) is 25.1 Å². The molecule has 0 aromatic heterocycles. The third-order valence-corrected chi connectivity index (χ3v) is 23.1. The van der Waals surface area contributed by atoms with E-state index in [2.05, 4.69) is 165 Å². The largest absolute Gasteiger partial charge is 0.743 e. The molecular formula is C96H140F6O12S3. The summed E-state index contributed by atoms with van der Waals surface area (Å²) < 4.78 is 148. The predicted octanol–water partition coefficient (Wildman–Crippen LogP) is 29.3. The molecule has 0 bridgehead atoms. The van der Waals surface area contributed by atoms with Crippen molar-refractivity contribution in [3.05, 3.63) is 276 Å². The first-order valence-corrected chi connectivity index (χ1v) is 39.6. The smallest absolute Gasteiger partial charge is 0.450 e. The SMILES string of the molecule is C.C.C.C.C.C.C.C.C.C.CCC(C)(C)C(=O)OC(C)c1ccc2c(c1)Cc1ccccc1-2.CCC(C)(C)C(=O)OC(C)c1ccccc1.CCC(C)c1ccc(O)cc1.CCC(C)c1ccc(OS(=O)(=O)C(F)(F)C(F)(F)C(F)(F)S(=O)(=O)[O-])cc1.CCC(C)c1cccc(O)c1.c1ccc([S+](c2ccccc2)c2ccccc2)cc1. The number of fused-ring (bicyclic) bond motifs is 3. The molecule has 0 saturated heterocycles. The third-order valence-electron chi connectivity index (χ3n) is 18.7. The lowest BCUT2D eigenvalue weighted by Crippen LogP contribution is -2.61. The number of carbonyl (C=O) groups is 2. The molecule has 0 radical (unpaired) electrons. The second kappa shape index (κ2) is 53.5. The number of halogens is 6. The maximum Gasteiger partial charge on any atom is 0.450 e. The van der Waals surface area contributed by atoms with E-state index in [0.717, 1.165) is 55.4 Å². The molecule has 1 aliphatic rings. The Hall–Kier alpha value is -8.89. The van der Waals surface area contributed by atoms with Gasteiger partial charge < -0.3 is 28.4 Å². The second-order valence-corrected chi connectivity index (χ2v) is 32.3. The van der Waals surface area contributed by atoms with Crippen molar-refractivity contribution in [2.75, 3.05) is 0 Å². The van der Waals surface area contributed by atoms with Crippen LogP contribution in [0.25, 0.3) is 11.1 Å². The summed E-state index contributed by atoms with van der Waals surface area (Å²) in [5, 5.41) is 4.51. The first-order chi connectivity index (χ1) is 50.2. The fraction of sp³-hybridized carbons (Fsp3) is 0.417. The van der Waals surface area contributed by atoms with Gasteiger partial charge in [-0.15, -0.1) is 0 Å². The highest BCUT2D eigenvalue weighted by molar-refractivity contribution is 7.97. The molecule has 0 spiro atoms. The van der Waals surface area contributed by atoms with Crippen LogP contribution in [0.3, 0.4) is 0 Å². The minimum Gasteiger partial charge on any atom is -0.743 e. The number of hydrogen-bond acceptors (Lipinski definition) is 12. The van der Waals surface area contributed by atoms with E-state index >= 15 is 0 Å². The van der Waals surface area contributed by atoms with Gasteiger partial charge in [-0.1, -0.05) is 293 Å². The van der Waals surface area contributed by atoms with Crippen LogP contribution in [0, 0.1) is 10.8 Å². The highest BCUT2D eigenvalue weighted by Crippen LogP contribution is 2.51. The van der Waals surface area contributed by atoms with Gasteiger partial charge in [-0.2, -0.15) is 34.8 Å². The van der Waals surface area contributed by atoms with Crippen LogP contribution in [0.2, 0.25) is 0 Å². The molecule has 1 aliphatic carbocycles. The average molecular weight is 1700 g/mol. The van der Waals surface area contributed by atoms with Crippen LogP contribution in [-0.4, -0.2) is 60.0 Å². The van der Waals surface area contributed by atoms with Gasteiger partial charge in [0.15, 0.2) is 24.8 Å². The van der Waals surface area contributed by atoms with Crippen molar-refractivity contribution in [1.82, 2.24) is 0 Å². The van der Waals surface area contributed by atoms with Crippen molar-refractivity contribution in [3.8, 4) is 28.4 Å². The topological polar surface area (TPSA) is 194 Å². The van der Waals surface area contributed by atoms with Crippen molar-refractivity contribution in [2.45, 2.75) is 271 Å². The van der Waals surface area contributed by atoms with Gasteiger partial charge in [0.1, 0.15) is 29.5 Å². The molecule has 10 rings (SSSR count). The summed E-state index contributed by atoms with van der Waals surface area (Å²) in [4.78, 5) is 28.2. The lowest BCUT2D eigenvalue weighted by atomic mass is 9.90. The lowest BCUT2D eigenvalue weighted by Gasteiger charge is -2.32. The zero-order chi connectivity index (χ0) is 79.7. The van der Waals surface area contributed by atoms with Crippen molar-refractivity contribution >= 4 is 43.1 Å². The normalized spacial score (nSPS) is 12.3. The molecule has 0 heterocycles. The quantitative estimate of drug-likeness (QED) is 0.0203. The summed E-state index contributed by atoms with van der Waals surface area (Å²) in [6.07, 6.45) is 5.03. The number of ether oxygens (including phenoxy) is 2. The van der Waals surface area contributed by atoms with Crippen LogP contribution in [0.4, 0.5) is 26.3 Å². The highest BCUT2D eigenvalue weighted by atomic mass is 32.2. The maximum atomic E-state index is 13.6. The van der Waals surface area contributed by atoms with Crippen LogP contribution in [0.5, 0.6) is 17.2 Å². The van der Waals surface area contributed by atoms with E-state index in [0.29, 0.717) is 35.3 Å². The van der Waals surface area contributed by atoms with Gasteiger partial charge in [0, 0.05) is 0 Å². The van der Waals surface area contributed by atoms with Gasteiger partial charge in [-0.05, 0) is 221 Å². The maximum absolute atomic E-state index is 13.6. The van der Waals surface area contributed by atoms with Gasteiger partial charge in [0.05, 0.1) is 21.7 Å². The third kappa shape index (κ3) is 32.7. The van der Waals surface area contributed by atoms with Gasteiger partial charge >= 0.3 is 38.5 Å². The summed E-state index contributed by atoms with van der Waals surface area (Å²) >= 11 is 0. The van der Waals surface area contributed by atoms with E-state index in [1.165, 1.54) is 60.2 Å². The Morgan fingerprint density at radius 3 is 1.13 bits per heavy atom. The van der Waals surface area contributed by atoms with E-state index in [4.69, 9.17) is 19.7 Å². The van der Waals surface area contributed by atoms with Crippen LogP contribution in [-0.2, 0) is 56.6 Å². The van der Waals surface area contributed by atoms with E-state index in [1.807, 2.05) is 123 Å². The average Bonchev–Trinajstić information content (AvgIpc) is 1.29. The van der Waals surface area contributed by atoms with E-state index in [9.17, 15) is 57.3 Å². The van der Waals surface area contributed by atoms with Gasteiger partial charge in [0.2, 0.25) is 0 Å². The van der Waals surface area contributed by atoms with E-state index in [-0.39, 0.29) is 115 Å². The van der Waals surface area contributed by atoms with Crippen molar-refractivity contribution in [1.29, 1.82) is 0 Å². The molecule has 5 unspecified atom stereocenters. The molecule has 12 nitrogen and oxygen atoms in total. The minimum absolute atomic E-state index is 0. The summed E-state index contributed by atoms with van der Waals surface area (Å²) in [6.45, 7) is 27.8. The van der Waals surface area contributed by atoms with Crippen LogP contribution >= 0.6 is 0 Å². The Morgan fingerprint density at radius 1 is 0.402 bits per heavy atom. The molecule has 0 saturated carbocycles. The molecule has 656 valence electrons. The Balaban J connectivity index is -0.000000318. The number of phenols is 2. The minimum atomic E-state index is -7.33. The molecule has 2 N–H and O–H groups in total. The standard InChI is InChI=1S/C21H24O2.C18H15S.C14H20O2.C13H14F6O6S2.2C10H14O.10CH4/c1-5-21(3,4)20(22)23-14(2)15-10-11-19-17(12-15)13-16-8-6-7-9-18(16)19;1-4-10-16(11-5-1)19(17-12-6-2-7-13-17)18-14-8-3-9-15-18;1-5-14(3,4)13(15)16-11(2)12-9-7-6-8-10-12;1-3-8(2)9-4-6-10(7-5-9)25-27(23,24)13(18,19)11(14,15)12(16,17)26(20,21)22;1-3-8(2)9-4-6-10(11)7-5-9;1-3-8(2)9-5-4-6-10(11)7-9;;;;;;;;;;/h6-12,14H,5,13H2,1-4H3;1-15H;6-11H,5H2,1-4H3;4-8H,3H2,1-2H3,(H,20,21,22);2*4-8,11H,3H2,1-2H3;10*1H4/q;+1;;;;;;;;;;;;;;/p-1. The van der Waals surface area contributed by atoms with Gasteiger partial charge in [0.25, 0.3) is 0 Å². The summed E-state index contributed by atoms with van der Waals surface area (Å²) in [6, 6.07) is 75.9. The first-order valence-electron chi connectivity index (χ1n) is 35.5. The monoisotopic (exact) mass is 1690 g/mol. The first kappa shape index (κ1) is 119. The van der Waals surface area contributed by atoms with E-state index < -0.39 is 53.2 Å². The Bertz CT molecular complexity index is 4370. The van der Waals surface area contributed by atoms with Crippen LogP contribution < -0.4 is 4.18 Å². The number of rotatable bonds is 23. The predicted molar refractivity (Wildman–Crippen MR) is 480 cm³/mol. The Kier molecular flexibility index (Phi) is 54.4. The van der Waals surface area contributed by atoms with Crippen molar-refractivity contribution in [3.63, 3.8) is 0 Å². The van der Waals surface area contributed by atoms with Crippen LogP contribution in [0.1, 0.15) is 272 Å². The zero-order valence-corrected chi connectivity index (χ0v) is 65.6. The molecule has 9 aromatic carbocycles. The molecule has 0 aliphatic heterocycles. The van der Waals surface area contributed by atoms with Gasteiger partial charge in [-0.25, -0.2) is 8.42 Å². The number of hydrogen-bond donors (Lipinski definition) is 2. The number of esters is 2. The fourth-order valence-electron chi connectivity index (χ4n) is 10.1. The molecule has 9 aromatic rings. The second-order valence-electron chi connectivity index (χ2n) is 27.3. The van der Waals surface area contributed by atoms with Crippen molar-refractivity contribution in [2.24, 2.45) is 10.8 Å². The zero-order valence-electron chi connectivity index (χ0n) is 63.1. The summed E-state index contributed by atoms with van der Waals surface area (Å²) in [7, 11) is -14.2. The summed E-state index contributed by atoms with van der Waals surface area (Å²) in [5.74, 6) is -6.45. The number of phenolic OH excluding ortho intramolecular Hbond substituents is 2. The molecule has 21 heteroatoms. The number of carbonyl (C=O) groups excluding carboxylic acids is 2. The molecule has 5 atom stereocenters. The number of aromatic hydroxyl groups is 2. The van der Waals surface area contributed by atoms with Gasteiger partial charge in [-0.3, -0.25) is 9.59 Å². The van der Waals surface area contributed by atoms with Crippen LogP contribution in [0.15, 0.2) is 251 Å². The fourth-order valence-corrected chi connectivity index (χ4v) is 13.7. The molecular weight excluding hydrogens is 1560 g/mol. The number of benzene rings is 9. The molecule has 0 fully saturated rings. The Labute approximate surface area is 705 Å². The Morgan fingerprint density at radius 2 is 0.744 bits per heavy atom.